The Hall–Kier alpha value is -0.920. The van der Waals surface area contributed by atoms with E-state index in [1.165, 1.54) is 0 Å². The Labute approximate surface area is 35.6 Å². The summed E-state index contributed by atoms with van der Waals surface area (Å²) in [4.78, 5) is 16.2. The Balaban J connectivity index is -0.0000000275. The van der Waals surface area contributed by atoms with E-state index in [1.807, 2.05) is 0 Å². The lowest BCUT2D eigenvalue weighted by molar-refractivity contribution is -0.191. The summed E-state index contributed by atoms with van der Waals surface area (Å²) in [5.41, 5.74) is 0. The van der Waals surface area contributed by atoms with E-state index in [2.05, 4.69) is 13.2 Å². The molecule has 0 aromatic heterocycles. The van der Waals surface area contributed by atoms with E-state index in [0.717, 1.165) is 0 Å². The molecule has 0 spiro atoms. The topological polar surface area (TPSA) is 65.6 Å². The van der Waals surface area contributed by atoms with Crippen LogP contribution in [-0.2, 0) is 9.59 Å². The molecule has 6 heavy (non-hydrogen) atoms. The maximum atomic E-state index is 8.12. The number of carbonyl (C=O) groups excluding carboxylic acids is 2. The number of hydrogen-bond acceptors (Lipinski definition) is 2. The molecule has 0 amide bonds. The Kier molecular flexibility index (Phi) is 19700. The highest BCUT2D eigenvalue weighted by Gasteiger charge is 1.13. The first-order chi connectivity index (χ1) is 2.41. The minimum Gasteiger partial charge on any atom is -0.412 e. The zero-order chi connectivity index (χ0) is 4.71. The van der Waals surface area contributed by atoms with Crippen LogP contribution in [0.1, 0.15) is 0 Å². The third-order valence-corrected chi connectivity index (χ3v) is 0. The minimum atomic E-state index is 0. The monoisotopic (exact) mass is 90.0 g/mol. The molecule has 0 aromatic carbocycles. The summed E-state index contributed by atoms with van der Waals surface area (Å²) in [5.74, 6) is 0. The maximum absolute atomic E-state index is 8.12. The van der Waals surface area contributed by atoms with Crippen molar-refractivity contribution in [3.8, 4) is 0 Å². The smallest absolute Gasteiger partial charge is 0.373 e. The van der Waals surface area contributed by atoms with Crippen molar-refractivity contribution in [3.05, 3.63) is 13.2 Å². The van der Waals surface area contributed by atoms with E-state index in [4.69, 9.17) is 9.59 Å². The van der Waals surface area contributed by atoms with Crippen molar-refractivity contribution in [3.63, 3.8) is 0 Å². The second-order valence-corrected chi connectivity index (χ2v) is 0.0833. The van der Waals surface area contributed by atoms with Gasteiger partial charge in [-0.3, -0.25) is 0 Å². The Bertz CT molecular complexity index is 35.3. The quantitative estimate of drug-likeness (QED) is 0.372. The lowest BCUT2D eigenvalue weighted by atomic mass is 11.3. The van der Waals surface area contributed by atoms with Crippen molar-refractivity contribution >= 4 is 6.15 Å². The van der Waals surface area contributed by atoms with E-state index in [9.17, 15) is 0 Å². The highest BCUT2D eigenvalue weighted by atomic mass is 16.2. The fraction of sp³-hybridized carbons (Fsp3) is 0. The Morgan fingerprint density at radius 1 is 1.17 bits per heavy atom. The van der Waals surface area contributed by atoms with Crippen molar-refractivity contribution < 1.29 is 15.1 Å². The summed E-state index contributed by atoms with van der Waals surface area (Å²) in [6, 6.07) is 0. The molecular weight excluding hydrogens is 84.0 g/mol. The minimum absolute atomic E-state index is 0. The van der Waals surface area contributed by atoms with E-state index in [-0.39, 0.29) is 11.6 Å². The summed E-state index contributed by atoms with van der Waals surface area (Å²) < 4.78 is 0. The molecule has 0 aliphatic carbocycles. The molecule has 3 nitrogen and oxygen atoms in total. The molecule has 0 radical (unpaired) electrons. The average Bonchev–Trinajstić information content (AvgIpc) is 1.46. The fourth-order valence-corrected chi connectivity index (χ4v) is 0. The first kappa shape index (κ1) is 19.5. The fourth-order valence-electron chi connectivity index (χ4n) is 0. The highest BCUT2D eigenvalue weighted by Crippen LogP contribution is 0.862. The summed E-state index contributed by atoms with van der Waals surface area (Å²) in [7, 11) is 0. The zero-order valence-corrected chi connectivity index (χ0v) is 3.23. The third-order valence-electron chi connectivity index (χ3n) is 0. The van der Waals surface area contributed by atoms with Gasteiger partial charge in [-0.25, -0.2) is 0 Å². The van der Waals surface area contributed by atoms with Gasteiger partial charge in [-0.15, -0.1) is 13.2 Å². The average molecular weight is 90.1 g/mol. The van der Waals surface area contributed by atoms with Gasteiger partial charge in [-0.2, -0.15) is 9.59 Å². The van der Waals surface area contributed by atoms with Crippen molar-refractivity contribution in [2.24, 2.45) is 0 Å². The second-order valence-electron chi connectivity index (χ2n) is 0.0833. The molecule has 0 aliphatic heterocycles. The molecule has 0 unspecified atom stereocenters. The molecule has 0 rings (SSSR count). The summed E-state index contributed by atoms with van der Waals surface area (Å²) in [6.45, 7) is 6.00. The van der Waals surface area contributed by atoms with Gasteiger partial charge in [-0.05, 0) is 0 Å². The summed E-state index contributed by atoms with van der Waals surface area (Å²) >= 11 is 0. The molecule has 0 fully saturated rings. The van der Waals surface area contributed by atoms with Crippen LogP contribution in [0.2, 0.25) is 0 Å². The second kappa shape index (κ2) is 6050. The van der Waals surface area contributed by atoms with E-state index in [0.29, 0.717) is 0 Å². The first-order valence-electron chi connectivity index (χ1n) is 0.908. The molecule has 2 N–H and O–H groups in total. The van der Waals surface area contributed by atoms with Crippen molar-refractivity contribution in [2.75, 3.05) is 0 Å². The highest BCUT2D eigenvalue weighted by molar-refractivity contribution is 5.20. The van der Waals surface area contributed by atoms with Crippen LogP contribution >= 0.6 is 0 Å². The molecule has 0 saturated carbocycles. The lowest BCUT2D eigenvalue weighted by Gasteiger charge is -0.945. The summed E-state index contributed by atoms with van der Waals surface area (Å²) in [6.07, 6.45) is 0.250. The SMILES string of the molecule is C=C.O.O=C=O. The van der Waals surface area contributed by atoms with Crippen LogP contribution in [0.25, 0.3) is 0 Å². The number of hydrogen-bond donors (Lipinski definition) is 0. The zero-order valence-electron chi connectivity index (χ0n) is 3.23. The van der Waals surface area contributed by atoms with Crippen LogP contribution in [0.15, 0.2) is 13.2 Å². The van der Waals surface area contributed by atoms with Crippen LogP contribution in [0.4, 0.5) is 0 Å². The van der Waals surface area contributed by atoms with Gasteiger partial charge in [0.15, 0.2) is 0 Å². The van der Waals surface area contributed by atoms with Gasteiger partial charge in [0.05, 0.1) is 0 Å². The summed E-state index contributed by atoms with van der Waals surface area (Å²) in [5, 5.41) is 0. The van der Waals surface area contributed by atoms with Crippen LogP contribution in [0, 0.1) is 0 Å². The third kappa shape index (κ3) is 15.7. The van der Waals surface area contributed by atoms with Gasteiger partial charge in [-0.1, -0.05) is 0 Å². The normalized spacial score (nSPS) is 2.00. The predicted octanol–water partition coefficient (Wildman–Crippen LogP) is -0.606. The molecule has 3 heteroatoms. The van der Waals surface area contributed by atoms with E-state index >= 15 is 0 Å². The first-order valence-corrected chi connectivity index (χ1v) is 0.908. The van der Waals surface area contributed by atoms with Gasteiger partial charge >= 0.3 is 6.15 Å². The van der Waals surface area contributed by atoms with Crippen molar-refractivity contribution in [1.82, 2.24) is 0 Å². The Morgan fingerprint density at radius 3 is 1.17 bits per heavy atom. The van der Waals surface area contributed by atoms with Crippen LogP contribution in [0.3, 0.4) is 0 Å². The molecule has 0 atom stereocenters. The number of rotatable bonds is 0. The van der Waals surface area contributed by atoms with Gasteiger partial charge in [0, 0.05) is 0 Å². The maximum Gasteiger partial charge on any atom is 0.373 e. The van der Waals surface area contributed by atoms with Gasteiger partial charge in [0.25, 0.3) is 0 Å². The largest absolute Gasteiger partial charge is 0.412 e. The van der Waals surface area contributed by atoms with Crippen LogP contribution in [-0.4, -0.2) is 11.6 Å². The predicted molar refractivity (Wildman–Crippen MR) is 19.9 cm³/mol. The molecule has 0 saturated heterocycles. The molecule has 0 aromatic rings. The molecule has 0 heterocycles. The molecule has 0 aliphatic rings. The van der Waals surface area contributed by atoms with Gasteiger partial charge in [0.2, 0.25) is 0 Å². The van der Waals surface area contributed by atoms with Gasteiger partial charge in [0.1, 0.15) is 0 Å². The van der Waals surface area contributed by atoms with Crippen molar-refractivity contribution in [1.29, 1.82) is 0 Å². The molecular formula is C3H6O3. The molecule has 0 bridgehead atoms. The standard InChI is InChI=1S/C2H4.CO2.H2O/c1-2;2-1-3;/h1-2H2;;1H2. The van der Waals surface area contributed by atoms with Crippen LogP contribution < -0.4 is 0 Å². The van der Waals surface area contributed by atoms with Gasteiger partial charge < -0.3 is 5.48 Å². The van der Waals surface area contributed by atoms with E-state index in [1.54, 1.807) is 0 Å². The van der Waals surface area contributed by atoms with Crippen molar-refractivity contribution in [2.45, 2.75) is 0 Å². The lowest BCUT2D eigenvalue weighted by Crippen LogP contribution is -1.22. The van der Waals surface area contributed by atoms with E-state index < -0.39 is 0 Å². The molecule has 36 valence electrons. The van der Waals surface area contributed by atoms with Crippen LogP contribution in [0.5, 0.6) is 0 Å². The Morgan fingerprint density at radius 2 is 1.17 bits per heavy atom.